The molecular weight excluding hydrogens is 328 g/mol. The molecule has 2 fully saturated rings. The molecule has 0 saturated carbocycles. The molecule has 2 amide bonds. The molecule has 0 unspecified atom stereocenters. The minimum Gasteiger partial charge on any atom is -0.346 e. The Hall–Kier alpha value is -1.89. The number of likely N-dealkylation sites (tertiary alicyclic amines) is 1. The second-order valence-corrected chi connectivity index (χ2v) is 9.16. The molecule has 1 atom stereocenters. The van der Waals surface area contributed by atoms with Crippen LogP contribution in [0.25, 0.3) is 0 Å². The highest BCUT2D eigenvalue weighted by Crippen LogP contribution is 2.23. The van der Waals surface area contributed by atoms with Crippen molar-refractivity contribution in [3.63, 3.8) is 0 Å². The van der Waals surface area contributed by atoms with Crippen LogP contribution in [0.2, 0.25) is 0 Å². The summed E-state index contributed by atoms with van der Waals surface area (Å²) in [7, 11) is -3.06. The predicted octanol–water partition coefficient (Wildman–Crippen LogP) is 1.12. The number of rotatable bonds is 4. The van der Waals surface area contributed by atoms with Crippen LogP contribution in [0.1, 0.15) is 42.1 Å². The van der Waals surface area contributed by atoms with Gasteiger partial charge in [-0.1, -0.05) is 12.1 Å². The van der Waals surface area contributed by atoms with E-state index in [9.17, 15) is 18.0 Å². The van der Waals surface area contributed by atoms with E-state index in [0.717, 1.165) is 18.5 Å². The van der Waals surface area contributed by atoms with E-state index in [0.29, 0.717) is 24.9 Å². The van der Waals surface area contributed by atoms with Gasteiger partial charge in [0.15, 0.2) is 9.84 Å². The Morgan fingerprint density at radius 1 is 1.29 bits per heavy atom. The van der Waals surface area contributed by atoms with Gasteiger partial charge in [0.2, 0.25) is 5.91 Å². The van der Waals surface area contributed by atoms with Gasteiger partial charge in [-0.3, -0.25) is 9.59 Å². The normalized spacial score (nSPS) is 25.9. The van der Waals surface area contributed by atoms with Crippen LogP contribution in [0.5, 0.6) is 0 Å². The third-order valence-electron chi connectivity index (χ3n) is 4.68. The van der Waals surface area contributed by atoms with E-state index in [-0.39, 0.29) is 23.3 Å². The monoisotopic (exact) mass is 350 g/mol. The number of nitrogens with zero attached hydrogens (tertiary/aromatic N) is 1. The molecule has 2 saturated heterocycles. The summed E-state index contributed by atoms with van der Waals surface area (Å²) in [6.07, 6.45) is 1.96. The Balaban J connectivity index is 1.63. The summed E-state index contributed by atoms with van der Waals surface area (Å²) >= 11 is 0. The predicted molar refractivity (Wildman–Crippen MR) is 90.2 cm³/mol. The smallest absolute Gasteiger partial charge is 0.251 e. The van der Waals surface area contributed by atoms with Gasteiger partial charge in [-0.25, -0.2) is 8.42 Å². The van der Waals surface area contributed by atoms with Gasteiger partial charge in [0, 0.05) is 25.1 Å². The second kappa shape index (κ2) is 6.20. The minimum atomic E-state index is -3.06. The van der Waals surface area contributed by atoms with Gasteiger partial charge in [-0.2, -0.15) is 0 Å². The van der Waals surface area contributed by atoms with Crippen molar-refractivity contribution < 1.29 is 18.0 Å². The minimum absolute atomic E-state index is 0.0130. The zero-order valence-corrected chi connectivity index (χ0v) is 14.6. The van der Waals surface area contributed by atoms with E-state index in [1.807, 2.05) is 17.0 Å². The third-order valence-corrected chi connectivity index (χ3v) is 6.58. The topological polar surface area (TPSA) is 83.6 Å². The molecule has 1 aromatic rings. The third kappa shape index (κ3) is 3.77. The summed E-state index contributed by atoms with van der Waals surface area (Å²) in [6.45, 7) is 3.12. The van der Waals surface area contributed by atoms with Gasteiger partial charge >= 0.3 is 0 Å². The Labute approximate surface area is 142 Å². The molecule has 2 heterocycles. The van der Waals surface area contributed by atoms with Gasteiger partial charge in [0.1, 0.15) is 0 Å². The van der Waals surface area contributed by atoms with Gasteiger partial charge in [-0.05, 0) is 37.5 Å². The first-order valence-corrected chi connectivity index (χ1v) is 9.98. The van der Waals surface area contributed by atoms with E-state index < -0.39 is 15.4 Å². The van der Waals surface area contributed by atoms with E-state index >= 15 is 0 Å². The molecule has 3 rings (SSSR count). The van der Waals surface area contributed by atoms with Gasteiger partial charge < -0.3 is 10.2 Å². The number of hydrogen-bond acceptors (Lipinski definition) is 4. The Kier molecular flexibility index (Phi) is 4.38. The standard InChI is InChI=1S/C17H22N2O4S/c1-17(8-10-24(22,23)12-17)18-16(21)14-6-4-13(5-7-14)11-19-9-2-3-15(19)20/h4-7H,2-3,8-12H2,1H3,(H,18,21)/t17-/m1/s1. The summed E-state index contributed by atoms with van der Waals surface area (Å²) in [6, 6.07) is 7.12. The first-order valence-electron chi connectivity index (χ1n) is 8.16. The molecule has 6 nitrogen and oxygen atoms in total. The van der Waals surface area contributed by atoms with Crippen molar-refractivity contribution in [3.05, 3.63) is 35.4 Å². The number of sulfone groups is 1. The number of amides is 2. The molecule has 130 valence electrons. The van der Waals surface area contributed by atoms with Crippen molar-refractivity contribution in [3.8, 4) is 0 Å². The van der Waals surface area contributed by atoms with Crippen molar-refractivity contribution in [1.29, 1.82) is 0 Å². The molecule has 0 radical (unpaired) electrons. The SMILES string of the molecule is C[C@@]1(NC(=O)c2ccc(CN3CCCC3=O)cc2)CCS(=O)(=O)C1. The first-order chi connectivity index (χ1) is 11.3. The van der Waals surface area contributed by atoms with Crippen LogP contribution in [0.4, 0.5) is 0 Å². The van der Waals surface area contributed by atoms with E-state index in [2.05, 4.69) is 5.32 Å². The first kappa shape index (κ1) is 17.0. The zero-order chi connectivity index (χ0) is 17.4. The van der Waals surface area contributed by atoms with Crippen molar-refractivity contribution in [2.75, 3.05) is 18.1 Å². The molecule has 0 spiro atoms. The second-order valence-electron chi connectivity index (χ2n) is 6.97. The van der Waals surface area contributed by atoms with E-state index in [1.54, 1.807) is 19.1 Å². The quantitative estimate of drug-likeness (QED) is 0.882. The Bertz CT molecular complexity index is 757. The molecule has 0 aliphatic carbocycles. The zero-order valence-electron chi connectivity index (χ0n) is 13.7. The average molecular weight is 350 g/mol. The average Bonchev–Trinajstić information content (AvgIpc) is 3.03. The summed E-state index contributed by atoms with van der Waals surface area (Å²) in [4.78, 5) is 25.8. The van der Waals surface area contributed by atoms with Crippen LogP contribution in [-0.4, -0.2) is 48.7 Å². The molecule has 1 aromatic carbocycles. The van der Waals surface area contributed by atoms with Gasteiger partial charge in [0.25, 0.3) is 5.91 Å². The van der Waals surface area contributed by atoms with Crippen molar-refractivity contribution in [1.82, 2.24) is 10.2 Å². The largest absolute Gasteiger partial charge is 0.346 e. The van der Waals surface area contributed by atoms with Crippen LogP contribution in [-0.2, 0) is 21.2 Å². The fourth-order valence-electron chi connectivity index (χ4n) is 3.31. The van der Waals surface area contributed by atoms with Crippen LogP contribution in [0.3, 0.4) is 0 Å². The van der Waals surface area contributed by atoms with E-state index in [1.165, 1.54) is 0 Å². The molecule has 0 aromatic heterocycles. The molecule has 2 aliphatic heterocycles. The van der Waals surface area contributed by atoms with Gasteiger partial charge in [-0.15, -0.1) is 0 Å². The van der Waals surface area contributed by atoms with Crippen molar-refractivity contribution >= 4 is 21.7 Å². The van der Waals surface area contributed by atoms with Crippen LogP contribution < -0.4 is 5.32 Å². The lowest BCUT2D eigenvalue weighted by atomic mass is 10.0. The highest BCUT2D eigenvalue weighted by atomic mass is 32.2. The van der Waals surface area contributed by atoms with Crippen molar-refractivity contribution in [2.45, 2.75) is 38.3 Å². The summed E-state index contributed by atoms with van der Waals surface area (Å²) in [5.41, 5.74) is 0.782. The van der Waals surface area contributed by atoms with Crippen LogP contribution in [0.15, 0.2) is 24.3 Å². The molecular formula is C17H22N2O4S. The lowest BCUT2D eigenvalue weighted by Crippen LogP contribution is -2.46. The molecule has 1 N–H and O–H groups in total. The fraction of sp³-hybridized carbons (Fsp3) is 0.529. The van der Waals surface area contributed by atoms with Crippen LogP contribution in [0, 0.1) is 0 Å². The molecule has 2 aliphatic rings. The van der Waals surface area contributed by atoms with Crippen LogP contribution >= 0.6 is 0 Å². The molecule has 0 bridgehead atoms. The van der Waals surface area contributed by atoms with Crippen molar-refractivity contribution in [2.24, 2.45) is 0 Å². The number of carbonyl (C=O) groups is 2. The maximum Gasteiger partial charge on any atom is 0.251 e. The maximum atomic E-state index is 12.4. The molecule has 7 heteroatoms. The summed E-state index contributed by atoms with van der Waals surface area (Å²) in [5.74, 6) is 0.0126. The number of carbonyl (C=O) groups excluding carboxylic acids is 2. The number of hydrogen-bond donors (Lipinski definition) is 1. The lowest BCUT2D eigenvalue weighted by Gasteiger charge is -2.24. The number of nitrogens with one attached hydrogen (secondary N) is 1. The Morgan fingerprint density at radius 3 is 2.54 bits per heavy atom. The summed E-state index contributed by atoms with van der Waals surface area (Å²) < 4.78 is 23.2. The lowest BCUT2D eigenvalue weighted by molar-refractivity contribution is -0.128. The highest BCUT2D eigenvalue weighted by molar-refractivity contribution is 7.91. The van der Waals surface area contributed by atoms with E-state index in [4.69, 9.17) is 0 Å². The maximum absolute atomic E-state index is 12.4. The fourth-order valence-corrected chi connectivity index (χ4v) is 5.40. The highest BCUT2D eigenvalue weighted by Gasteiger charge is 2.39. The van der Waals surface area contributed by atoms with Gasteiger partial charge in [0.05, 0.1) is 17.0 Å². The Morgan fingerprint density at radius 2 is 2.00 bits per heavy atom. The molecule has 24 heavy (non-hydrogen) atoms. The summed E-state index contributed by atoms with van der Waals surface area (Å²) in [5, 5.41) is 2.84. The number of benzene rings is 1.